The second-order valence-electron chi connectivity index (χ2n) is 4.89. The number of rotatable bonds is 4. The average molecular weight is 283 g/mol. The fourth-order valence-electron chi connectivity index (χ4n) is 2.49. The maximum absolute atomic E-state index is 12.3. The van der Waals surface area contributed by atoms with Gasteiger partial charge in [-0.25, -0.2) is 0 Å². The Balaban J connectivity index is 1.72. The number of Topliss-reactive ketones (excluding diaryl/α,β-unsaturated/α-hetero) is 1. The largest absolute Gasteiger partial charge is 0.293 e. The molecule has 0 aliphatic carbocycles. The van der Waals surface area contributed by atoms with Gasteiger partial charge in [0.2, 0.25) is 0 Å². The van der Waals surface area contributed by atoms with E-state index >= 15 is 0 Å². The van der Waals surface area contributed by atoms with E-state index in [1.165, 1.54) is 5.56 Å². The molecule has 2 nitrogen and oxygen atoms in total. The normalized spacial score (nSPS) is 19.1. The predicted octanol–water partition coefficient (Wildman–Crippen LogP) is 3.62. The van der Waals surface area contributed by atoms with Gasteiger partial charge >= 0.3 is 0 Å². The minimum absolute atomic E-state index is 0.203. The van der Waals surface area contributed by atoms with E-state index in [1.54, 1.807) is 0 Å². The summed E-state index contributed by atoms with van der Waals surface area (Å²) < 4.78 is 0. The number of hydrogen-bond donors (Lipinski definition) is 0. The van der Waals surface area contributed by atoms with Gasteiger partial charge < -0.3 is 0 Å². The van der Waals surface area contributed by atoms with Gasteiger partial charge in [0.1, 0.15) is 0 Å². The average Bonchev–Trinajstić information content (AvgIpc) is 2.97. The van der Waals surface area contributed by atoms with Crippen molar-refractivity contribution in [3.8, 4) is 0 Å². The first-order valence-electron chi connectivity index (χ1n) is 6.83. The molecule has 3 rings (SSSR count). The Morgan fingerprint density at radius 2 is 1.70 bits per heavy atom. The molecule has 1 aliphatic heterocycles. The Morgan fingerprint density at radius 3 is 2.40 bits per heavy atom. The number of carbonyl (C=O) groups excluding carboxylic acids is 1. The zero-order valence-electron chi connectivity index (χ0n) is 11.2. The van der Waals surface area contributed by atoms with Gasteiger partial charge in [-0.3, -0.25) is 9.69 Å². The summed E-state index contributed by atoms with van der Waals surface area (Å²) in [4.78, 5) is 14.6. The summed E-state index contributed by atoms with van der Waals surface area (Å²) in [5.41, 5.74) is 2.09. The third kappa shape index (κ3) is 2.94. The molecule has 1 atom stereocenters. The minimum atomic E-state index is 0.203. The number of carbonyl (C=O) groups is 1. The Kier molecular flexibility index (Phi) is 4.19. The van der Waals surface area contributed by atoms with Gasteiger partial charge in [-0.15, -0.1) is 11.8 Å². The molecule has 20 heavy (non-hydrogen) atoms. The standard InChI is InChI=1S/C17H17NOS/c19-16(14-7-3-1-4-8-14)13-18-11-12-20-17(18)15-9-5-2-6-10-15/h1-10,17H,11-13H2/t17-/m1/s1. The summed E-state index contributed by atoms with van der Waals surface area (Å²) in [6, 6.07) is 20.0. The van der Waals surface area contributed by atoms with Crippen molar-refractivity contribution >= 4 is 17.5 Å². The summed E-state index contributed by atoms with van der Waals surface area (Å²) in [7, 11) is 0. The van der Waals surface area contributed by atoms with Gasteiger partial charge in [-0.05, 0) is 5.56 Å². The lowest BCUT2D eigenvalue weighted by Gasteiger charge is -2.23. The molecule has 0 N–H and O–H groups in total. The number of benzene rings is 2. The quantitative estimate of drug-likeness (QED) is 0.799. The predicted molar refractivity (Wildman–Crippen MR) is 84.0 cm³/mol. The highest BCUT2D eigenvalue weighted by Gasteiger charge is 2.28. The van der Waals surface area contributed by atoms with Gasteiger partial charge in [0.25, 0.3) is 0 Å². The first-order chi connectivity index (χ1) is 9.84. The summed E-state index contributed by atoms with van der Waals surface area (Å²) in [6.45, 7) is 1.47. The number of thioether (sulfide) groups is 1. The Morgan fingerprint density at radius 1 is 1.05 bits per heavy atom. The van der Waals surface area contributed by atoms with Crippen LogP contribution in [0.5, 0.6) is 0 Å². The molecule has 1 aliphatic rings. The summed E-state index contributed by atoms with van der Waals surface area (Å²) in [6.07, 6.45) is 0. The molecular weight excluding hydrogens is 266 g/mol. The third-order valence-electron chi connectivity index (χ3n) is 3.51. The topological polar surface area (TPSA) is 20.3 Å². The zero-order chi connectivity index (χ0) is 13.8. The van der Waals surface area contributed by atoms with Crippen LogP contribution in [0.25, 0.3) is 0 Å². The molecular formula is C17H17NOS. The van der Waals surface area contributed by atoms with Crippen molar-refractivity contribution in [2.24, 2.45) is 0 Å². The fourth-order valence-corrected chi connectivity index (χ4v) is 3.79. The van der Waals surface area contributed by atoms with Crippen LogP contribution in [0.1, 0.15) is 21.3 Å². The second-order valence-corrected chi connectivity index (χ2v) is 6.08. The first kappa shape index (κ1) is 13.4. The number of hydrogen-bond acceptors (Lipinski definition) is 3. The zero-order valence-corrected chi connectivity index (χ0v) is 12.1. The molecule has 0 unspecified atom stereocenters. The van der Waals surface area contributed by atoms with Crippen molar-refractivity contribution in [3.05, 3.63) is 71.8 Å². The molecule has 1 saturated heterocycles. The summed E-state index contributed by atoms with van der Waals surface area (Å²) in [5.74, 6) is 1.29. The lowest BCUT2D eigenvalue weighted by molar-refractivity contribution is 0.0933. The molecule has 0 radical (unpaired) electrons. The van der Waals surface area contributed by atoms with Crippen LogP contribution in [0.15, 0.2) is 60.7 Å². The molecule has 2 aromatic rings. The van der Waals surface area contributed by atoms with Crippen LogP contribution in [0.3, 0.4) is 0 Å². The summed E-state index contributed by atoms with van der Waals surface area (Å²) in [5, 5.41) is 0.309. The molecule has 3 heteroatoms. The van der Waals surface area contributed by atoms with Crippen LogP contribution in [-0.4, -0.2) is 29.5 Å². The molecule has 0 saturated carbocycles. The highest BCUT2D eigenvalue weighted by molar-refractivity contribution is 7.99. The van der Waals surface area contributed by atoms with Crippen molar-refractivity contribution in [3.63, 3.8) is 0 Å². The smallest absolute Gasteiger partial charge is 0.176 e. The molecule has 102 valence electrons. The minimum Gasteiger partial charge on any atom is -0.293 e. The van der Waals surface area contributed by atoms with Crippen molar-refractivity contribution in [1.29, 1.82) is 0 Å². The lowest BCUT2D eigenvalue weighted by atomic mass is 10.1. The highest BCUT2D eigenvalue weighted by atomic mass is 32.2. The molecule has 1 heterocycles. The molecule has 2 aromatic carbocycles. The van der Waals surface area contributed by atoms with Crippen LogP contribution in [0, 0.1) is 0 Å². The first-order valence-corrected chi connectivity index (χ1v) is 7.88. The maximum atomic E-state index is 12.3. The van der Waals surface area contributed by atoms with Gasteiger partial charge in [0.05, 0.1) is 11.9 Å². The molecule has 1 fully saturated rings. The van der Waals surface area contributed by atoms with Gasteiger partial charge in [0.15, 0.2) is 5.78 Å². The Bertz CT molecular complexity index is 570. The lowest BCUT2D eigenvalue weighted by Crippen LogP contribution is -2.29. The monoisotopic (exact) mass is 283 g/mol. The SMILES string of the molecule is O=C(CN1CCS[C@@H]1c1ccccc1)c1ccccc1. The van der Waals surface area contributed by atoms with Crippen LogP contribution < -0.4 is 0 Å². The Labute approximate surface area is 123 Å². The van der Waals surface area contributed by atoms with Gasteiger partial charge in [-0.1, -0.05) is 60.7 Å². The fraction of sp³-hybridized carbons (Fsp3) is 0.235. The van der Waals surface area contributed by atoms with Crippen molar-refractivity contribution in [2.45, 2.75) is 5.37 Å². The van der Waals surface area contributed by atoms with Gasteiger partial charge in [-0.2, -0.15) is 0 Å². The molecule has 0 spiro atoms. The van der Waals surface area contributed by atoms with E-state index in [-0.39, 0.29) is 5.78 Å². The van der Waals surface area contributed by atoms with Crippen LogP contribution in [0.2, 0.25) is 0 Å². The van der Waals surface area contributed by atoms with Crippen LogP contribution in [0.4, 0.5) is 0 Å². The molecule has 0 bridgehead atoms. The van der Waals surface area contributed by atoms with Crippen LogP contribution in [-0.2, 0) is 0 Å². The van der Waals surface area contributed by atoms with E-state index in [1.807, 2.05) is 48.2 Å². The van der Waals surface area contributed by atoms with Crippen molar-refractivity contribution < 1.29 is 4.79 Å². The van der Waals surface area contributed by atoms with E-state index in [4.69, 9.17) is 0 Å². The van der Waals surface area contributed by atoms with E-state index in [0.29, 0.717) is 11.9 Å². The Hall–Kier alpha value is -1.58. The van der Waals surface area contributed by atoms with E-state index in [9.17, 15) is 4.79 Å². The van der Waals surface area contributed by atoms with Crippen LogP contribution >= 0.6 is 11.8 Å². The number of ketones is 1. The highest BCUT2D eigenvalue weighted by Crippen LogP contribution is 2.37. The number of nitrogens with zero attached hydrogens (tertiary/aromatic N) is 1. The van der Waals surface area contributed by atoms with Crippen molar-refractivity contribution in [1.82, 2.24) is 4.90 Å². The maximum Gasteiger partial charge on any atom is 0.176 e. The third-order valence-corrected chi connectivity index (χ3v) is 4.82. The molecule has 0 amide bonds. The summed E-state index contributed by atoms with van der Waals surface area (Å²) >= 11 is 1.91. The van der Waals surface area contributed by atoms with Crippen molar-refractivity contribution in [2.75, 3.05) is 18.8 Å². The van der Waals surface area contributed by atoms with Gasteiger partial charge in [0, 0.05) is 17.9 Å². The van der Waals surface area contributed by atoms with E-state index in [0.717, 1.165) is 17.9 Å². The molecule has 0 aromatic heterocycles. The van der Waals surface area contributed by atoms with E-state index in [2.05, 4.69) is 29.2 Å². The second kappa shape index (κ2) is 6.25. The van der Waals surface area contributed by atoms with E-state index < -0.39 is 0 Å².